The average molecular weight is 412 g/mol. The van der Waals surface area contributed by atoms with Crippen LogP contribution < -0.4 is 0 Å². The van der Waals surface area contributed by atoms with Crippen LogP contribution in [0.4, 0.5) is 0 Å². The molecule has 0 unspecified atom stereocenters. The normalized spacial score (nSPS) is 13.0. The standard InChI is InChI=1S/2C9H9.2ClH.Pd/c2*1-2-6-9-7-4-3-5-8-9;;;/h2*2-8H,1H2;2*1H;/q;;;;+2/p-2. The Morgan fingerprint density at radius 3 is 1.43 bits per heavy atom. The average Bonchev–Trinajstić information content (AvgIpc) is 2.49. The predicted molar refractivity (Wildman–Crippen MR) is 92.3 cm³/mol. The van der Waals surface area contributed by atoms with Crippen molar-refractivity contribution >= 4 is 31.2 Å². The van der Waals surface area contributed by atoms with E-state index < -0.39 is 13.5 Å². The Morgan fingerprint density at radius 1 is 0.667 bits per heavy atom. The number of hydrogen-bond donors (Lipinski definition) is 0. The minimum absolute atomic E-state index is 0.765. The zero-order valence-electron chi connectivity index (χ0n) is 11.6. The third kappa shape index (κ3) is 6.64. The second kappa shape index (κ2) is 8.57. The summed E-state index contributed by atoms with van der Waals surface area (Å²) in [7, 11) is 13.0. The molecule has 0 aliphatic rings. The van der Waals surface area contributed by atoms with Crippen molar-refractivity contribution in [2.75, 3.05) is 0 Å². The van der Waals surface area contributed by atoms with Crippen LogP contribution in [0.2, 0.25) is 9.79 Å². The van der Waals surface area contributed by atoms with E-state index >= 15 is 0 Å². The van der Waals surface area contributed by atoms with Gasteiger partial charge in [0.25, 0.3) is 0 Å². The molecule has 0 aromatic heterocycles. The number of hydrogen-bond acceptors (Lipinski definition) is 0. The van der Waals surface area contributed by atoms with E-state index in [4.69, 9.17) is 19.1 Å². The molecule has 0 atom stereocenters. The quantitative estimate of drug-likeness (QED) is 0.463. The van der Waals surface area contributed by atoms with E-state index in [1.807, 2.05) is 36.4 Å². The second-order valence-electron chi connectivity index (χ2n) is 4.43. The van der Waals surface area contributed by atoms with Crippen molar-refractivity contribution in [2.45, 2.75) is 9.79 Å². The van der Waals surface area contributed by atoms with Crippen molar-refractivity contribution in [3.8, 4) is 0 Å². The van der Waals surface area contributed by atoms with Crippen LogP contribution in [0.5, 0.6) is 0 Å². The molecule has 0 fully saturated rings. The second-order valence-corrected chi connectivity index (χ2v) is 14.5. The van der Waals surface area contributed by atoms with E-state index in [0.29, 0.717) is 0 Å². The fourth-order valence-electron chi connectivity index (χ4n) is 1.75. The molecule has 0 amide bonds. The molecule has 0 heterocycles. The first-order valence-corrected chi connectivity index (χ1v) is 12.8. The first-order valence-electron chi connectivity index (χ1n) is 6.57. The van der Waals surface area contributed by atoms with Crippen LogP contribution in [0.15, 0.2) is 72.8 Å². The van der Waals surface area contributed by atoms with Gasteiger partial charge in [-0.05, 0) is 0 Å². The topological polar surface area (TPSA) is 0 Å². The summed E-state index contributed by atoms with van der Waals surface area (Å²) in [6.45, 7) is 0. The third-order valence-corrected chi connectivity index (χ3v) is 7.65. The van der Waals surface area contributed by atoms with Gasteiger partial charge in [0.2, 0.25) is 0 Å². The van der Waals surface area contributed by atoms with E-state index in [0.717, 1.165) is 9.79 Å². The number of allylic oxidation sites excluding steroid dienone is 2. The summed E-state index contributed by atoms with van der Waals surface area (Å²) in [5.74, 6) is 0. The van der Waals surface area contributed by atoms with Gasteiger partial charge in [-0.25, -0.2) is 0 Å². The Kier molecular flexibility index (Phi) is 6.74. The molecule has 0 aliphatic heterocycles. The predicted octanol–water partition coefficient (Wildman–Crippen LogP) is 6.71. The summed E-state index contributed by atoms with van der Waals surface area (Å²) >= 11 is -2.36. The van der Waals surface area contributed by atoms with Gasteiger partial charge in [0.05, 0.1) is 0 Å². The van der Waals surface area contributed by atoms with Crippen molar-refractivity contribution in [1.29, 1.82) is 0 Å². The Balaban J connectivity index is 1.84. The molecule has 21 heavy (non-hydrogen) atoms. The summed E-state index contributed by atoms with van der Waals surface area (Å²) in [6.07, 6.45) is 8.33. The zero-order valence-corrected chi connectivity index (χ0v) is 14.6. The molecule has 0 aliphatic carbocycles. The van der Waals surface area contributed by atoms with E-state index in [1.54, 1.807) is 0 Å². The number of rotatable bonds is 6. The fraction of sp³-hybridized carbons (Fsp3) is 0.111. The maximum absolute atomic E-state index is 6.48. The molecule has 0 saturated carbocycles. The van der Waals surface area contributed by atoms with E-state index in [9.17, 15) is 0 Å². The first-order chi connectivity index (χ1) is 10.2. The van der Waals surface area contributed by atoms with Gasteiger partial charge in [-0.2, -0.15) is 0 Å². The van der Waals surface area contributed by atoms with Crippen molar-refractivity contribution in [1.82, 2.24) is 0 Å². The molecule has 0 nitrogen and oxygen atoms in total. The van der Waals surface area contributed by atoms with Gasteiger partial charge in [-0.15, -0.1) is 0 Å². The minimum atomic E-state index is -2.36. The van der Waals surface area contributed by atoms with Gasteiger partial charge >= 0.3 is 138 Å². The number of halogens is 2. The van der Waals surface area contributed by atoms with Crippen LogP contribution in [0, 0.1) is 0 Å². The van der Waals surface area contributed by atoms with Gasteiger partial charge < -0.3 is 0 Å². The molecule has 2 rings (SSSR count). The van der Waals surface area contributed by atoms with Crippen LogP contribution in [-0.4, -0.2) is 0 Å². The van der Waals surface area contributed by atoms with Crippen LogP contribution in [-0.2, 0) is 13.5 Å². The Hall–Kier alpha value is -0.838. The molecular weight excluding hydrogens is 394 g/mol. The van der Waals surface area contributed by atoms with Gasteiger partial charge in [0, 0.05) is 0 Å². The molecule has 0 N–H and O–H groups in total. The molecule has 0 spiro atoms. The summed E-state index contributed by atoms with van der Waals surface area (Å²) < 4.78 is 0. The monoisotopic (exact) mass is 410 g/mol. The van der Waals surface area contributed by atoms with Gasteiger partial charge in [-0.3, -0.25) is 0 Å². The van der Waals surface area contributed by atoms with E-state index in [2.05, 4.69) is 48.6 Å². The third-order valence-electron chi connectivity index (χ3n) is 2.75. The molecule has 114 valence electrons. The summed E-state index contributed by atoms with van der Waals surface area (Å²) in [4.78, 5) is 1.53. The SMILES string of the molecule is [Cl][Pd]([Cl])([CH2]C=Cc1ccccc1)[CH2]C=Cc1ccccc1. The Labute approximate surface area is 138 Å². The molecule has 2 aromatic rings. The van der Waals surface area contributed by atoms with Gasteiger partial charge in [0.1, 0.15) is 0 Å². The molecule has 0 bridgehead atoms. The summed E-state index contributed by atoms with van der Waals surface area (Å²) in [5.41, 5.74) is 2.36. The summed E-state index contributed by atoms with van der Waals surface area (Å²) in [6, 6.07) is 20.4. The van der Waals surface area contributed by atoms with Crippen molar-refractivity contribution < 1.29 is 13.5 Å². The first kappa shape index (κ1) is 16.5. The Morgan fingerprint density at radius 2 is 1.05 bits per heavy atom. The van der Waals surface area contributed by atoms with Crippen LogP contribution in [0.25, 0.3) is 12.2 Å². The van der Waals surface area contributed by atoms with Crippen LogP contribution >= 0.6 is 19.1 Å². The van der Waals surface area contributed by atoms with Gasteiger partial charge in [0.15, 0.2) is 0 Å². The maximum atomic E-state index is 6.48. The fourth-order valence-corrected chi connectivity index (χ4v) is 4.78. The van der Waals surface area contributed by atoms with Crippen LogP contribution in [0.1, 0.15) is 11.1 Å². The van der Waals surface area contributed by atoms with Crippen molar-refractivity contribution in [3.05, 3.63) is 83.9 Å². The Bertz CT molecular complexity index is 536. The van der Waals surface area contributed by atoms with Gasteiger partial charge in [-0.1, -0.05) is 0 Å². The van der Waals surface area contributed by atoms with E-state index in [1.165, 1.54) is 11.1 Å². The van der Waals surface area contributed by atoms with E-state index in [-0.39, 0.29) is 0 Å². The molecule has 0 saturated heterocycles. The zero-order chi connectivity index (χ0) is 15.0. The molecule has 2 aromatic carbocycles. The summed E-state index contributed by atoms with van der Waals surface area (Å²) in [5, 5.41) is 0. The van der Waals surface area contributed by atoms with Crippen LogP contribution in [0.3, 0.4) is 0 Å². The van der Waals surface area contributed by atoms with Crippen molar-refractivity contribution in [2.24, 2.45) is 0 Å². The molecular formula is C18H18Cl2Pd. The number of benzene rings is 2. The van der Waals surface area contributed by atoms with Crippen molar-refractivity contribution in [3.63, 3.8) is 0 Å². The molecule has 0 radical (unpaired) electrons. The molecule has 3 heteroatoms.